The number of carbonyl (C=O) groups excluding carboxylic acids is 1. The lowest BCUT2D eigenvalue weighted by Gasteiger charge is -2.18. The summed E-state index contributed by atoms with van der Waals surface area (Å²) in [4.78, 5) is 13.4. The number of nitrogens with one attached hydrogen (secondary N) is 1. The lowest BCUT2D eigenvalue weighted by atomic mass is 10.1. The Balaban J connectivity index is 2.21. The molecule has 1 saturated heterocycles. The van der Waals surface area contributed by atoms with Crippen LogP contribution >= 0.6 is 23.2 Å². The molecule has 5 nitrogen and oxygen atoms in total. The van der Waals surface area contributed by atoms with Crippen LogP contribution in [0.2, 0.25) is 10.0 Å². The Labute approximate surface area is 140 Å². The summed E-state index contributed by atoms with van der Waals surface area (Å²) in [6.45, 7) is 2.20. The normalized spacial score (nSPS) is 20.1. The molecule has 8 heteroatoms. The third-order valence-electron chi connectivity index (χ3n) is 3.77. The summed E-state index contributed by atoms with van der Waals surface area (Å²) >= 11 is 11.8. The lowest BCUT2D eigenvalue weighted by Crippen LogP contribution is -2.35. The van der Waals surface area contributed by atoms with Crippen molar-refractivity contribution in [3.8, 4) is 0 Å². The van der Waals surface area contributed by atoms with Gasteiger partial charge in [0.25, 0.3) is 0 Å². The molecule has 0 saturated carbocycles. The Kier molecular flexibility index (Phi) is 5.37. The molecule has 0 aliphatic carbocycles. The van der Waals surface area contributed by atoms with E-state index in [9.17, 15) is 13.2 Å². The topological polar surface area (TPSA) is 66.5 Å². The number of hydrogen-bond acceptors (Lipinski definition) is 3. The summed E-state index contributed by atoms with van der Waals surface area (Å²) in [5.41, 5.74) is 0.531. The first-order valence-corrected chi connectivity index (χ1v) is 9.16. The number of benzene rings is 1. The fraction of sp³-hybridized carbons (Fsp3) is 0.500. The van der Waals surface area contributed by atoms with Crippen LogP contribution in [0.25, 0.3) is 0 Å². The Morgan fingerprint density at radius 2 is 1.86 bits per heavy atom. The highest BCUT2D eigenvalue weighted by Crippen LogP contribution is 2.28. The average Bonchev–Trinajstić information content (AvgIpc) is 2.58. The standard InChI is InChI=1S/C14H18Cl2N2O3S/c1-9-7-11(15)12(16)8-13(9)22(20,21)17-10-3-4-14(19)18(2)6-5-10/h7-8,10,17H,3-6H2,1-2H3. The van der Waals surface area contributed by atoms with Crippen molar-refractivity contribution >= 4 is 39.1 Å². The minimum Gasteiger partial charge on any atom is -0.346 e. The Bertz CT molecular complexity index is 692. The van der Waals surface area contributed by atoms with Crippen molar-refractivity contribution in [3.05, 3.63) is 27.7 Å². The van der Waals surface area contributed by atoms with Crippen LogP contribution in [0.4, 0.5) is 0 Å². The largest absolute Gasteiger partial charge is 0.346 e. The minimum atomic E-state index is -3.70. The number of nitrogens with zero attached hydrogens (tertiary/aromatic N) is 1. The van der Waals surface area contributed by atoms with Gasteiger partial charge in [0, 0.05) is 26.1 Å². The molecular weight excluding hydrogens is 347 g/mol. The minimum absolute atomic E-state index is 0.0346. The van der Waals surface area contributed by atoms with E-state index in [0.29, 0.717) is 36.4 Å². The van der Waals surface area contributed by atoms with Crippen LogP contribution in [-0.2, 0) is 14.8 Å². The SMILES string of the molecule is Cc1cc(Cl)c(Cl)cc1S(=O)(=O)NC1CCC(=O)N(C)CC1. The molecule has 1 amide bonds. The molecule has 122 valence electrons. The molecule has 1 aliphatic rings. The van der Waals surface area contributed by atoms with Gasteiger partial charge < -0.3 is 4.90 Å². The van der Waals surface area contributed by atoms with E-state index in [4.69, 9.17) is 23.2 Å². The number of carbonyl (C=O) groups is 1. The second-order valence-corrected chi connectivity index (χ2v) is 7.99. The van der Waals surface area contributed by atoms with Gasteiger partial charge in [-0.05, 0) is 37.5 Å². The molecule has 1 atom stereocenters. The molecule has 1 aromatic rings. The maximum atomic E-state index is 12.5. The molecule has 22 heavy (non-hydrogen) atoms. The Morgan fingerprint density at radius 1 is 1.23 bits per heavy atom. The second-order valence-electron chi connectivity index (χ2n) is 5.49. The van der Waals surface area contributed by atoms with Crippen molar-refractivity contribution in [1.29, 1.82) is 0 Å². The second kappa shape index (κ2) is 6.74. The zero-order valence-electron chi connectivity index (χ0n) is 12.4. The molecule has 1 N–H and O–H groups in total. The first-order chi connectivity index (χ1) is 10.2. The third-order valence-corrected chi connectivity index (χ3v) is 6.16. The molecular formula is C14H18Cl2N2O3S. The van der Waals surface area contributed by atoms with Crippen LogP contribution in [-0.4, -0.2) is 38.9 Å². The highest BCUT2D eigenvalue weighted by Gasteiger charge is 2.26. The van der Waals surface area contributed by atoms with Crippen LogP contribution in [0.3, 0.4) is 0 Å². The van der Waals surface area contributed by atoms with Gasteiger partial charge in [0.15, 0.2) is 0 Å². The van der Waals surface area contributed by atoms with Gasteiger partial charge >= 0.3 is 0 Å². The summed E-state index contributed by atoms with van der Waals surface area (Å²) in [5.74, 6) is 0.0346. The van der Waals surface area contributed by atoms with Gasteiger partial charge in [-0.1, -0.05) is 23.2 Å². The Morgan fingerprint density at radius 3 is 2.55 bits per heavy atom. The van der Waals surface area contributed by atoms with Gasteiger partial charge in [-0.3, -0.25) is 4.79 Å². The van der Waals surface area contributed by atoms with Gasteiger partial charge in [-0.25, -0.2) is 13.1 Å². The maximum Gasteiger partial charge on any atom is 0.241 e. The lowest BCUT2D eigenvalue weighted by molar-refractivity contribution is -0.129. The number of sulfonamides is 1. The summed E-state index contributed by atoms with van der Waals surface area (Å²) < 4.78 is 27.8. The molecule has 0 radical (unpaired) electrons. The number of amides is 1. The van der Waals surface area contributed by atoms with E-state index in [1.54, 1.807) is 18.9 Å². The van der Waals surface area contributed by atoms with E-state index < -0.39 is 10.0 Å². The quantitative estimate of drug-likeness (QED) is 0.896. The number of hydrogen-bond donors (Lipinski definition) is 1. The predicted molar refractivity (Wildman–Crippen MR) is 86.8 cm³/mol. The smallest absolute Gasteiger partial charge is 0.241 e. The average molecular weight is 365 g/mol. The molecule has 1 fully saturated rings. The summed E-state index contributed by atoms with van der Waals surface area (Å²) in [7, 11) is -1.98. The first-order valence-electron chi connectivity index (χ1n) is 6.92. The van der Waals surface area contributed by atoms with E-state index in [2.05, 4.69) is 4.72 Å². The van der Waals surface area contributed by atoms with E-state index in [1.807, 2.05) is 0 Å². The van der Waals surface area contributed by atoms with Gasteiger partial charge in [0.1, 0.15) is 0 Å². The van der Waals surface area contributed by atoms with E-state index in [1.165, 1.54) is 12.1 Å². The van der Waals surface area contributed by atoms with Gasteiger partial charge in [0.2, 0.25) is 15.9 Å². The zero-order valence-corrected chi connectivity index (χ0v) is 14.7. The fourth-order valence-corrected chi connectivity index (χ4v) is 4.43. The van der Waals surface area contributed by atoms with Crippen molar-refractivity contribution in [3.63, 3.8) is 0 Å². The van der Waals surface area contributed by atoms with Crippen molar-refractivity contribution < 1.29 is 13.2 Å². The summed E-state index contributed by atoms with van der Waals surface area (Å²) in [5, 5.41) is 0.517. The monoisotopic (exact) mass is 364 g/mol. The van der Waals surface area contributed by atoms with Crippen molar-refractivity contribution in [1.82, 2.24) is 9.62 Å². The molecule has 2 rings (SSSR count). The molecule has 1 aromatic carbocycles. The van der Waals surface area contributed by atoms with Gasteiger partial charge in [-0.2, -0.15) is 0 Å². The zero-order chi connectivity index (χ0) is 16.5. The number of rotatable bonds is 3. The van der Waals surface area contributed by atoms with E-state index in [0.717, 1.165) is 0 Å². The third kappa shape index (κ3) is 3.93. The number of likely N-dealkylation sites (tertiary alicyclic amines) is 1. The highest BCUT2D eigenvalue weighted by molar-refractivity contribution is 7.89. The molecule has 1 heterocycles. The van der Waals surface area contributed by atoms with Crippen LogP contribution in [0.5, 0.6) is 0 Å². The van der Waals surface area contributed by atoms with Crippen molar-refractivity contribution in [2.75, 3.05) is 13.6 Å². The van der Waals surface area contributed by atoms with Crippen LogP contribution in [0, 0.1) is 6.92 Å². The van der Waals surface area contributed by atoms with Crippen LogP contribution in [0.1, 0.15) is 24.8 Å². The Hall–Kier alpha value is -0.820. The molecule has 1 aliphatic heterocycles. The molecule has 1 unspecified atom stereocenters. The van der Waals surface area contributed by atoms with Crippen LogP contribution < -0.4 is 4.72 Å². The number of halogens is 2. The fourth-order valence-electron chi connectivity index (χ4n) is 2.43. The van der Waals surface area contributed by atoms with E-state index >= 15 is 0 Å². The molecule has 0 aromatic heterocycles. The van der Waals surface area contributed by atoms with Crippen LogP contribution in [0.15, 0.2) is 17.0 Å². The van der Waals surface area contributed by atoms with Crippen molar-refractivity contribution in [2.24, 2.45) is 0 Å². The predicted octanol–water partition coefficient (Wildman–Crippen LogP) is 2.59. The van der Waals surface area contributed by atoms with E-state index in [-0.39, 0.29) is 21.9 Å². The summed E-state index contributed by atoms with van der Waals surface area (Å²) in [6, 6.07) is 2.62. The summed E-state index contributed by atoms with van der Waals surface area (Å²) in [6.07, 6.45) is 1.41. The van der Waals surface area contributed by atoms with Gasteiger partial charge in [0.05, 0.1) is 14.9 Å². The molecule has 0 spiro atoms. The first kappa shape index (κ1) is 17.5. The van der Waals surface area contributed by atoms with Crippen molar-refractivity contribution in [2.45, 2.75) is 37.1 Å². The molecule has 0 bridgehead atoms. The van der Waals surface area contributed by atoms with Gasteiger partial charge in [-0.15, -0.1) is 0 Å². The maximum absolute atomic E-state index is 12.5. The number of aryl methyl sites for hydroxylation is 1. The highest BCUT2D eigenvalue weighted by atomic mass is 35.5.